The largest absolute Gasteiger partial charge is 0.383 e. The molecule has 0 saturated heterocycles. The molecule has 0 radical (unpaired) electrons. The van der Waals surface area contributed by atoms with E-state index >= 15 is 0 Å². The number of nitrogens with zero attached hydrogens (tertiary/aromatic N) is 1. The molecule has 4 nitrogen and oxygen atoms in total. The van der Waals surface area contributed by atoms with E-state index in [2.05, 4.69) is 20.8 Å². The van der Waals surface area contributed by atoms with Gasteiger partial charge in [-0.3, -0.25) is 4.90 Å². The predicted molar refractivity (Wildman–Crippen MR) is 86.3 cm³/mol. The average molecular weight is 366 g/mol. The van der Waals surface area contributed by atoms with Crippen LogP contribution in [0, 0.1) is 0 Å². The molecular weight excluding hydrogens is 344 g/mol. The van der Waals surface area contributed by atoms with Crippen LogP contribution in [0.1, 0.15) is 11.6 Å². The van der Waals surface area contributed by atoms with Gasteiger partial charge in [-0.25, -0.2) is 0 Å². The molecule has 1 aromatic rings. The summed E-state index contributed by atoms with van der Waals surface area (Å²) in [5, 5.41) is 0.705. The standard InChI is InChI=1S/C14H22BrClN2O2/c1-19-7-5-18(6-8-20-2)14(10-17)12-4-3-11(16)9-13(12)15/h3-4,9,14H,5-8,10,17H2,1-2H3. The number of hydrogen-bond donors (Lipinski definition) is 1. The van der Waals surface area contributed by atoms with E-state index in [1.165, 1.54) is 0 Å². The van der Waals surface area contributed by atoms with Crippen LogP contribution in [0.5, 0.6) is 0 Å². The van der Waals surface area contributed by atoms with Crippen LogP contribution in [0.4, 0.5) is 0 Å². The highest BCUT2D eigenvalue weighted by Crippen LogP contribution is 2.29. The van der Waals surface area contributed by atoms with Crippen LogP contribution in [0.2, 0.25) is 5.02 Å². The van der Waals surface area contributed by atoms with Crippen molar-refractivity contribution in [3.63, 3.8) is 0 Å². The molecule has 114 valence electrons. The molecule has 0 saturated carbocycles. The zero-order valence-electron chi connectivity index (χ0n) is 11.9. The van der Waals surface area contributed by atoms with Gasteiger partial charge in [-0.15, -0.1) is 0 Å². The van der Waals surface area contributed by atoms with Crippen molar-refractivity contribution in [2.24, 2.45) is 5.73 Å². The molecule has 0 aliphatic heterocycles. The Hall–Kier alpha value is -0.170. The third-order valence-electron chi connectivity index (χ3n) is 3.15. The molecule has 20 heavy (non-hydrogen) atoms. The maximum atomic E-state index is 6.00. The van der Waals surface area contributed by atoms with E-state index in [0.29, 0.717) is 24.8 Å². The van der Waals surface area contributed by atoms with Gasteiger partial charge in [0, 0.05) is 49.4 Å². The minimum absolute atomic E-state index is 0.104. The van der Waals surface area contributed by atoms with Gasteiger partial charge in [-0.2, -0.15) is 0 Å². The van der Waals surface area contributed by atoms with E-state index in [1.807, 2.05) is 18.2 Å². The van der Waals surface area contributed by atoms with E-state index < -0.39 is 0 Å². The van der Waals surface area contributed by atoms with Crippen LogP contribution >= 0.6 is 27.5 Å². The fourth-order valence-corrected chi connectivity index (χ4v) is 3.03. The quantitative estimate of drug-likeness (QED) is 0.731. The van der Waals surface area contributed by atoms with E-state index in [1.54, 1.807) is 14.2 Å². The smallest absolute Gasteiger partial charge is 0.0589 e. The molecule has 0 fully saturated rings. The Bertz CT molecular complexity index is 399. The summed E-state index contributed by atoms with van der Waals surface area (Å²) >= 11 is 9.56. The molecule has 0 heterocycles. The molecular formula is C14H22BrClN2O2. The lowest BCUT2D eigenvalue weighted by Crippen LogP contribution is -2.38. The van der Waals surface area contributed by atoms with Crippen LogP contribution in [-0.4, -0.2) is 52.0 Å². The van der Waals surface area contributed by atoms with Crippen LogP contribution in [-0.2, 0) is 9.47 Å². The highest BCUT2D eigenvalue weighted by molar-refractivity contribution is 9.10. The van der Waals surface area contributed by atoms with Crippen molar-refractivity contribution in [3.05, 3.63) is 33.3 Å². The third kappa shape index (κ3) is 5.31. The number of rotatable bonds is 9. The van der Waals surface area contributed by atoms with Gasteiger partial charge in [0.15, 0.2) is 0 Å². The molecule has 2 N–H and O–H groups in total. The van der Waals surface area contributed by atoms with Crippen molar-refractivity contribution in [1.82, 2.24) is 4.90 Å². The molecule has 1 atom stereocenters. The monoisotopic (exact) mass is 364 g/mol. The second kappa shape index (κ2) is 9.71. The third-order valence-corrected chi connectivity index (χ3v) is 4.07. The van der Waals surface area contributed by atoms with E-state index in [9.17, 15) is 0 Å². The van der Waals surface area contributed by atoms with Crippen LogP contribution < -0.4 is 5.73 Å². The molecule has 1 unspecified atom stereocenters. The summed E-state index contributed by atoms with van der Waals surface area (Å²) in [4.78, 5) is 2.26. The van der Waals surface area contributed by atoms with Gasteiger partial charge in [0.25, 0.3) is 0 Å². The fraction of sp³-hybridized carbons (Fsp3) is 0.571. The number of halogens is 2. The highest BCUT2D eigenvalue weighted by Gasteiger charge is 2.20. The average Bonchev–Trinajstić information content (AvgIpc) is 2.43. The Morgan fingerprint density at radius 3 is 2.30 bits per heavy atom. The van der Waals surface area contributed by atoms with Crippen molar-refractivity contribution >= 4 is 27.5 Å². The predicted octanol–water partition coefficient (Wildman–Crippen LogP) is 2.70. The van der Waals surface area contributed by atoms with Crippen LogP contribution in [0.25, 0.3) is 0 Å². The van der Waals surface area contributed by atoms with E-state index in [-0.39, 0.29) is 6.04 Å². The zero-order valence-corrected chi connectivity index (χ0v) is 14.3. The summed E-state index contributed by atoms with van der Waals surface area (Å²) in [5.74, 6) is 0. The number of methoxy groups -OCH3 is 2. The fourth-order valence-electron chi connectivity index (χ4n) is 2.09. The maximum absolute atomic E-state index is 6.00. The van der Waals surface area contributed by atoms with Crippen molar-refractivity contribution in [1.29, 1.82) is 0 Å². The van der Waals surface area contributed by atoms with E-state index in [0.717, 1.165) is 23.1 Å². The second-order valence-corrected chi connectivity index (χ2v) is 5.73. The SMILES string of the molecule is COCCN(CCOC)C(CN)c1ccc(Cl)cc1Br. The molecule has 0 aliphatic rings. The number of nitrogens with two attached hydrogens (primary N) is 1. The summed E-state index contributed by atoms with van der Waals surface area (Å²) < 4.78 is 11.3. The van der Waals surface area contributed by atoms with Crippen molar-refractivity contribution in [2.75, 3.05) is 47.1 Å². The number of benzene rings is 1. The maximum Gasteiger partial charge on any atom is 0.0589 e. The Balaban J connectivity index is 2.92. The summed E-state index contributed by atoms with van der Waals surface area (Å²) in [6.07, 6.45) is 0. The lowest BCUT2D eigenvalue weighted by molar-refractivity contribution is 0.0889. The van der Waals surface area contributed by atoms with Gasteiger partial charge in [-0.1, -0.05) is 33.6 Å². The molecule has 0 bridgehead atoms. The van der Waals surface area contributed by atoms with Crippen LogP contribution in [0.3, 0.4) is 0 Å². The van der Waals surface area contributed by atoms with Gasteiger partial charge in [0.2, 0.25) is 0 Å². The number of hydrogen-bond acceptors (Lipinski definition) is 4. The molecule has 0 amide bonds. The van der Waals surface area contributed by atoms with Crippen molar-refractivity contribution in [2.45, 2.75) is 6.04 Å². The van der Waals surface area contributed by atoms with E-state index in [4.69, 9.17) is 26.8 Å². The summed E-state index contributed by atoms with van der Waals surface area (Å²) in [7, 11) is 3.40. The summed E-state index contributed by atoms with van der Waals surface area (Å²) in [6, 6.07) is 5.89. The van der Waals surface area contributed by atoms with Gasteiger partial charge >= 0.3 is 0 Å². The minimum Gasteiger partial charge on any atom is -0.383 e. The molecule has 6 heteroatoms. The van der Waals surface area contributed by atoms with Crippen molar-refractivity contribution < 1.29 is 9.47 Å². The first-order valence-corrected chi connectivity index (χ1v) is 7.68. The van der Waals surface area contributed by atoms with Gasteiger partial charge < -0.3 is 15.2 Å². The summed E-state index contributed by atoms with van der Waals surface area (Å²) in [6.45, 7) is 3.44. The Kier molecular flexibility index (Phi) is 8.68. The molecule has 0 spiro atoms. The van der Waals surface area contributed by atoms with Gasteiger partial charge in [-0.05, 0) is 17.7 Å². The summed E-state index contributed by atoms with van der Waals surface area (Å²) in [5.41, 5.74) is 7.11. The van der Waals surface area contributed by atoms with Gasteiger partial charge in [0.05, 0.1) is 13.2 Å². The Morgan fingerprint density at radius 2 is 1.85 bits per heavy atom. The normalized spacial score (nSPS) is 12.9. The van der Waals surface area contributed by atoms with Gasteiger partial charge in [0.1, 0.15) is 0 Å². The molecule has 0 aromatic heterocycles. The van der Waals surface area contributed by atoms with Crippen molar-refractivity contribution in [3.8, 4) is 0 Å². The first-order chi connectivity index (χ1) is 9.63. The Morgan fingerprint density at radius 1 is 1.25 bits per heavy atom. The van der Waals surface area contributed by atoms with Crippen LogP contribution in [0.15, 0.2) is 22.7 Å². The molecule has 1 rings (SSSR count). The second-order valence-electron chi connectivity index (χ2n) is 4.44. The lowest BCUT2D eigenvalue weighted by Gasteiger charge is -2.31. The minimum atomic E-state index is 0.104. The highest BCUT2D eigenvalue weighted by atomic mass is 79.9. The first kappa shape index (κ1) is 17.9. The lowest BCUT2D eigenvalue weighted by atomic mass is 10.1. The first-order valence-electron chi connectivity index (χ1n) is 6.51. The topological polar surface area (TPSA) is 47.7 Å². The molecule has 0 aliphatic carbocycles. The Labute approximate surface area is 134 Å². The number of ether oxygens (including phenoxy) is 2. The molecule has 1 aromatic carbocycles. The zero-order chi connectivity index (χ0) is 15.0.